The van der Waals surface area contributed by atoms with Gasteiger partial charge in [0.15, 0.2) is 0 Å². The van der Waals surface area contributed by atoms with Gasteiger partial charge in [0.2, 0.25) is 0 Å². The van der Waals surface area contributed by atoms with Crippen LogP contribution in [0.4, 0.5) is 5.82 Å². The van der Waals surface area contributed by atoms with Gasteiger partial charge in [0.25, 0.3) is 5.56 Å². The Morgan fingerprint density at radius 1 is 1.72 bits per heavy atom. The molecule has 0 saturated carbocycles. The van der Waals surface area contributed by atoms with Crippen LogP contribution in [0.15, 0.2) is 11.1 Å². The zero-order valence-electron chi connectivity index (χ0n) is 10.2. The molecular weight excluding hydrogens is 368 g/mol. The predicted octanol–water partition coefficient (Wildman–Crippen LogP) is 1.60. The third kappa shape index (κ3) is 2.97. The van der Waals surface area contributed by atoms with Crippen LogP contribution in [0.3, 0.4) is 0 Å². The summed E-state index contributed by atoms with van der Waals surface area (Å²) in [4.78, 5) is 20.5. The summed E-state index contributed by atoms with van der Waals surface area (Å²) in [5, 5.41) is 0. The van der Waals surface area contributed by atoms with Crippen LogP contribution >= 0.6 is 34.2 Å². The number of rotatable bonds is 2. The predicted molar refractivity (Wildman–Crippen MR) is 79.5 cm³/mol. The standard InChI is InChI=1S/C11H15ClIN3O2/c1-11(2)5-16(4-7(3-12)18-11)9-8(13)10(17)15-6-14-9/h6-7H,3-5H2,1-2H3,(H,14,15,17). The molecule has 100 valence electrons. The van der Waals surface area contributed by atoms with E-state index >= 15 is 0 Å². The molecule has 1 saturated heterocycles. The van der Waals surface area contributed by atoms with Crippen molar-refractivity contribution in [2.75, 3.05) is 23.9 Å². The number of ether oxygens (including phenoxy) is 1. The molecule has 1 N–H and O–H groups in total. The number of anilines is 1. The van der Waals surface area contributed by atoms with E-state index in [0.717, 1.165) is 0 Å². The Bertz CT molecular complexity index is 491. The Morgan fingerprint density at radius 2 is 2.44 bits per heavy atom. The fourth-order valence-corrected chi connectivity index (χ4v) is 2.93. The van der Waals surface area contributed by atoms with E-state index in [0.29, 0.717) is 28.4 Å². The molecule has 0 radical (unpaired) electrons. The number of nitrogens with zero attached hydrogens (tertiary/aromatic N) is 2. The summed E-state index contributed by atoms with van der Waals surface area (Å²) in [6.45, 7) is 5.36. The minimum absolute atomic E-state index is 0.0488. The van der Waals surface area contributed by atoms with Crippen molar-refractivity contribution in [3.63, 3.8) is 0 Å². The molecule has 5 nitrogen and oxygen atoms in total. The van der Waals surface area contributed by atoms with Gasteiger partial charge in [0.05, 0.1) is 23.9 Å². The monoisotopic (exact) mass is 383 g/mol. The highest BCUT2D eigenvalue weighted by molar-refractivity contribution is 14.1. The van der Waals surface area contributed by atoms with E-state index in [1.165, 1.54) is 6.33 Å². The molecule has 0 spiro atoms. The number of halogens is 2. The van der Waals surface area contributed by atoms with Crippen molar-refractivity contribution in [2.24, 2.45) is 0 Å². The Hall–Kier alpha value is -0.340. The molecule has 0 amide bonds. The Kier molecular flexibility index (Phi) is 4.18. The normalized spacial score (nSPS) is 23.1. The van der Waals surface area contributed by atoms with Gasteiger partial charge in [-0.2, -0.15) is 0 Å². The first kappa shape index (κ1) is 14.1. The van der Waals surface area contributed by atoms with E-state index < -0.39 is 0 Å². The average molecular weight is 384 g/mol. The SMILES string of the molecule is CC1(C)CN(c2nc[nH]c(=O)c2I)CC(CCl)O1. The molecule has 1 aromatic rings. The highest BCUT2D eigenvalue weighted by atomic mass is 127. The Labute approximate surface area is 124 Å². The van der Waals surface area contributed by atoms with Crippen LogP contribution < -0.4 is 10.5 Å². The molecule has 7 heteroatoms. The van der Waals surface area contributed by atoms with Crippen LogP contribution in [0.1, 0.15) is 13.8 Å². The second-order valence-corrected chi connectivity index (χ2v) is 6.29. The number of nitrogens with one attached hydrogen (secondary N) is 1. The van der Waals surface area contributed by atoms with Crippen molar-refractivity contribution in [3.8, 4) is 0 Å². The summed E-state index contributed by atoms with van der Waals surface area (Å²) in [7, 11) is 0. The fraction of sp³-hybridized carbons (Fsp3) is 0.636. The zero-order chi connectivity index (χ0) is 13.3. The van der Waals surface area contributed by atoms with Gasteiger partial charge in [0, 0.05) is 13.1 Å². The van der Waals surface area contributed by atoms with E-state index in [1.807, 2.05) is 36.4 Å². The van der Waals surface area contributed by atoms with Gasteiger partial charge in [-0.25, -0.2) is 4.98 Å². The zero-order valence-corrected chi connectivity index (χ0v) is 13.2. The van der Waals surface area contributed by atoms with Crippen LogP contribution in [-0.4, -0.2) is 40.6 Å². The van der Waals surface area contributed by atoms with Crippen LogP contribution in [0, 0.1) is 3.57 Å². The quantitative estimate of drug-likeness (QED) is 0.622. The first-order valence-electron chi connectivity index (χ1n) is 5.65. The molecular formula is C11H15ClIN3O2. The summed E-state index contributed by atoms with van der Waals surface area (Å²) in [6, 6.07) is 0. The molecule has 1 atom stereocenters. The van der Waals surface area contributed by atoms with Gasteiger partial charge >= 0.3 is 0 Å². The van der Waals surface area contributed by atoms with Gasteiger partial charge in [-0.15, -0.1) is 11.6 Å². The van der Waals surface area contributed by atoms with Crippen molar-refractivity contribution in [2.45, 2.75) is 25.6 Å². The van der Waals surface area contributed by atoms with E-state index in [-0.39, 0.29) is 17.3 Å². The lowest BCUT2D eigenvalue weighted by Crippen LogP contribution is -2.54. The lowest BCUT2D eigenvalue weighted by Gasteiger charge is -2.42. The number of hydrogen-bond donors (Lipinski definition) is 1. The van der Waals surface area contributed by atoms with E-state index in [9.17, 15) is 4.79 Å². The molecule has 1 aliphatic heterocycles. The van der Waals surface area contributed by atoms with Crippen LogP contribution in [0.5, 0.6) is 0 Å². The third-order valence-electron chi connectivity index (χ3n) is 2.73. The van der Waals surface area contributed by atoms with Gasteiger partial charge in [-0.05, 0) is 36.4 Å². The molecule has 0 aromatic carbocycles. The van der Waals surface area contributed by atoms with E-state index in [1.54, 1.807) is 0 Å². The molecule has 18 heavy (non-hydrogen) atoms. The number of morpholine rings is 1. The van der Waals surface area contributed by atoms with Gasteiger partial charge < -0.3 is 14.6 Å². The molecule has 1 unspecified atom stereocenters. The number of alkyl halides is 1. The van der Waals surface area contributed by atoms with Crippen molar-refractivity contribution in [1.29, 1.82) is 0 Å². The van der Waals surface area contributed by atoms with Crippen molar-refractivity contribution in [1.82, 2.24) is 9.97 Å². The summed E-state index contributed by atoms with van der Waals surface area (Å²) < 4.78 is 6.45. The summed E-state index contributed by atoms with van der Waals surface area (Å²) in [5.74, 6) is 1.13. The third-order valence-corrected chi connectivity index (χ3v) is 4.05. The smallest absolute Gasteiger partial charge is 0.266 e. The largest absolute Gasteiger partial charge is 0.367 e. The molecule has 2 heterocycles. The second kappa shape index (κ2) is 5.34. The average Bonchev–Trinajstić information content (AvgIpc) is 2.30. The lowest BCUT2D eigenvalue weighted by atomic mass is 10.1. The minimum atomic E-state index is -0.300. The summed E-state index contributed by atoms with van der Waals surface area (Å²) >= 11 is 7.91. The number of aromatic amines is 1. The highest BCUT2D eigenvalue weighted by Crippen LogP contribution is 2.26. The maximum Gasteiger partial charge on any atom is 0.266 e. The maximum absolute atomic E-state index is 11.6. The molecule has 2 rings (SSSR count). The van der Waals surface area contributed by atoms with Crippen molar-refractivity contribution in [3.05, 3.63) is 20.3 Å². The van der Waals surface area contributed by atoms with Crippen LogP contribution in [0.2, 0.25) is 0 Å². The Morgan fingerprint density at radius 3 is 3.11 bits per heavy atom. The highest BCUT2D eigenvalue weighted by Gasteiger charge is 2.34. The van der Waals surface area contributed by atoms with Crippen LogP contribution in [0.25, 0.3) is 0 Å². The minimum Gasteiger partial charge on any atom is -0.367 e. The van der Waals surface area contributed by atoms with Crippen molar-refractivity contribution >= 4 is 40.0 Å². The topological polar surface area (TPSA) is 58.2 Å². The Balaban J connectivity index is 2.32. The second-order valence-electron chi connectivity index (χ2n) is 4.90. The summed E-state index contributed by atoms with van der Waals surface area (Å²) in [5.41, 5.74) is -0.419. The summed E-state index contributed by atoms with van der Waals surface area (Å²) in [6.07, 6.45) is 1.38. The molecule has 0 bridgehead atoms. The maximum atomic E-state index is 11.6. The number of aromatic nitrogens is 2. The lowest BCUT2D eigenvalue weighted by molar-refractivity contribution is -0.0736. The van der Waals surface area contributed by atoms with E-state index in [4.69, 9.17) is 16.3 Å². The van der Waals surface area contributed by atoms with Gasteiger partial charge in [-0.3, -0.25) is 4.79 Å². The number of H-pyrrole nitrogens is 1. The van der Waals surface area contributed by atoms with E-state index in [2.05, 4.69) is 14.9 Å². The first-order chi connectivity index (χ1) is 8.43. The number of hydrogen-bond acceptors (Lipinski definition) is 4. The first-order valence-corrected chi connectivity index (χ1v) is 7.26. The molecule has 1 aromatic heterocycles. The van der Waals surface area contributed by atoms with Gasteiger partial charge in [-0.1, -0.05) is 0 Å². The molecule has 1 aliphatic rings. The van der Waals surface area contributed by atoms with Gasteiger partial charge in [0.1, 0.15) is 9.39 Å². The molecule has 0 aliphatic carbocycles. The fourth-order valence-electron chi connectivity index (χ4n) is 2.13. The molecule has 1 fully saturated rings. The van der Waals surface area contributed by atoms with Crippen molar-refractivity contribution < 1.29 is 4.74 Å². The van der Waals surface area contributed by atoms with Crippen LogP contribution in [-0.2, 0) is 4.74 Å².